The van der Waals surface area contributed by atoms with E-state index in [1.54, 1.807) is 6.08 Å². The van der Waals surface area contributed by atoms with Gasteiger partial charge in [0.05, 0.1) is 0 Å². The number of allylic oxidation sites excluding steroid dienone is 1. The van der Waals surface area contributed by atoms with E-state index >= 15 is 0 Å². The topological polar surface area (TPSA) is 20.3 Å². The van der Waals surface area contributed by atoms with Gasteiger partial charge in [0.1, 0.15) is 4.32 Å². The maximum Gasteiger partial charge on any atom is 0.156 e. The van der Waals surface area contributed by atoms with Gasteiger partial charge in [-0.3, -0.25) is 4.79 Å². The second-order valence-electron chi connectivity index (χ2n) is 3.97. The van der Waals surface area contributed by atoms with E-state index in [1.807, 2.05) is 55.4 Å². The van der Waals surface area contributed by atoms with Crippen LogP contribution in [0.1, 0.15) is 12.0 Å². The SMILES string of the molecule is CN(C)C(=S)SCCC(=O)/C=C/c1ccccc1. The summed E-state index contributed by atoms with van der Waals surface area (Å²) >= 11 is 6.67. The summed E-state index contributed by atoms with van der Waals surface area (Å²) in [5.41, 5.74) is 1.04. The third-order valence-corrected chi connectivity index (χ3v) is 3.94. The summed E-state index contributed by atoms with van der Waals surface area (Å²) in [6.07, 6.45) is 3.99. The van der Waals surface area contributed by atoms with Crippen LogP contribution >= 0.6 is 24.0 Å². The van der Waals surface area contributed by atoms with E-state index in [4.69, 9.17) is 12.2 Å². The first kappa shape index (κ1) is 14.9. The Hall–Kier alpha value is -1.13. The van der Waals surface area contributed by atoms with Crippen LogP contribution < -0.4 is 0 Å². The molecule has 0 atom stereocenters. The van der Waals surface area contributed by atoms with Crippen molar-refractivity contribution in [2.75, 3.05) is 19.8 Å². The molecule has 0 aromatic heterocycles. The lowest BCUT2D eigenvalue weighted by Crippen LogP contribution is -2.16. The highest BCUT2D eigenvalue weighted by atomic mass is 32.2. The van der Waals surface area contributed by atoms with E-state index in [2.05, 4.69) is 0 Å². The largest absolute Gasteiger partial charge is 0.364 e. The monoisotopic (exact) mass is 279 g/mol. The van der Waals surface area contributed by atoms with Crippen molar-refractivity contribution in [1.29, 1.82) is 0 Å². The Balaban J connectivity index is 2.30. The van der Waals surface area contributed by atoms with Crippen molar-refractivity contribution in [1.82, 2.24) is 4.90 Å². The predicted octanol–water partition coefficient (Wildman–Crippen LogP) is 3.24. The zero-order valence-corrected chi connectivity index (χ0v) is 12.3. The normalized spacial score (nSPS) is 10.6. The Morgan fingerprint density at radius 2 is 2.00 bits per heavy atom. The van der Waals surface area contributed by atoms with Crippen molar-refractivity contribution in [2.45, 2.75) is 6.42 Å². The lowest BCUT2D eigenvalue weighted by Gasteiger charge is -2.11. The van der Waals surface area contributed by atoms with Crippen LogP contribution in [-0.4, -0.2) is 34.9 Å². The molecule has 4 heteroatoms. The minimum absolute atomic E-state index is 0.132. The van der Waals surface area contributed by atoms with E-state index in [0.29, 0.717) is 6.42 Å². The van der Waals surface area contributed by atoms with Gasteiger partial charge in [-0.1, -0.05) is 60.4 Å². The maximum absolute atomic E-state index is 11.6. The Kier molecular flexibility index (Phi) is 6.68. The van der Waals surface area contributed by atoms with Crippen molar-refractivity contribution < 1.29 is 4.79 Å². The van der Waals surface area contributed by atoms with Crippen LogP contribution in [0.2, 0.25) is 0 Å². The summed E-state index contributed by atoms with van der Waals surface area (Å²) < 4.78 is 0.815. The van der Waals surface area contributed by atoms with Crippen molar-refractivity contribution in [3.8, 4) is 0 Å². The molecule has 0 saturated heterocycles. The maximum atomic E-state index is 11.6. The molecule has 0 spiro atoms. The molecule has 1 rings (SSSR count). The molecular weight excluding hydrogens is 262 g/mol. The van der Waals surface area contributed by atoms with E-state index < -0.39 is 0 Å². The minimum Gasteiger partial charge on any atom is -0.364 e. The highest BCUT2D eigenvalue weighted by Gasteiger charge is 2.02. The first-order valence-corrected chi connectivity index (χ1v) is 7.09. The number of thiocarbonyl (C=S) groups is 1. The number of nitrogens with zero attached hydrogens (tertiary/aromatic N) is 1. The van der Waals surface area contributed by atoms with Crippen molar-refractivity contribution in [2.24, 2.45) is 0 Å². The zero-order chi connectivity index (χ0) is 13.4. The van der Waals surface area contributed by atoms with E-state index in [9.17, 15) is 4.79 Å². The van der Waals surface area contributed by atoms with Crippen molar-refractivity contribution in [3.05, 3.63) is 42.0 Å². The lowest BCUT2D eigenvalue weighted by molar-refractivity contribution is -0.114. The number of rotatable bonds is 5. The summed E-state index contributed by atoms with van der Waals surface area (Å²) in [5.74, 6) is 0.863. The average molecular weight is 279 g/mol. The van der Waals surface area contributed by atoms with E-state index in [0.717, 1.165) is 15.6 Å². The summed E-state index contributed by atoms with van der Waals surface area (Å²) in [5, 5.41) is 0. The fourth-order valence-corrected chi connectivity index (χ4v) is 2.19. The van der Waals surface area contributed by atoms with Gasteiger partial charge in [-0.2, -0.15) is 0 Å². The van der Waals surface area contributed by atoms with Gasteiger partial charge in [0.2, 0.25) is 0 Å². The summed E-state index contributed by atoms with van der Waals surface area (Å²) in [7, 11) is 3.82. The van der Waals surface area contributed by atoms with Gasteiger partial charge in [0, 0.05) is 26.3 Å². The number of carbonyl (C=O) groups excluding carboxylic acids is 1. The number of benzene rings is 1. The molecule has 1 aromatic carbocycles. The van der Waals surface area contributed by atoms with Crippen molar-refractivity contribution >= 4 is 40.2 Å². The van der Waals surface area contributed by atoms with Crippen LogP contribution in [0.4, 0.5) is 0 Å². The van der Waals surface area contributed by atoms with Gasteiger partial charge in [-0.25, -0.2) is 0 Å². The van der Waals surface area contributed by atoms with Crippen LogP contribution in [0.25, 0.3) is 6.08 Å². The Labute approximate surface area is 118 Å². The van der Waals surface area contributed by atoms with Crippen LogP contribution in [-0.2, 0) is 4.79 Å². The molecule has 0 fully saturated rings. The van der Waals surface area contributed by atoms with Gasteiger partial charge in [-0.15, -0.1) is 0 Å². The number of hydrogen-bond donors (Lipinski definition) is 0. The molecule has 2 nitrogen and oxygen atoms in total. The summed E-state index contributed by atoms with van der Waals surface area (Å²) in [6, 6.07) is 9.81. The van der Waals surface area contributed by atoms with Crippen LogP contribution in [0.5, 0.6) is 0 Å². The molecule has 0 unspecified atom stereocenters. The first-order chi connectivity index (χ1) is 8.59. The highest BCUT2D eigenvalue weighted by Crippen LogP contribution is 2.09. The molecule has 1 aromatic rings. The average Bonchev–Trinajstić information content (AvgIpc) is 2.37. The number of carbonyl (C=O) groups is 1. The highest BCUT2D eigenvalue weighted by molar-refractivity contribution is 8.22. The summed E-state index contributed by atoms with van der Waals surface area (Å²) in [6.45, 7) is 0. The molecule has 18 heavy (non-hydrogen) atoms. The Bertz CT molecular complexity index is 427. The quantitative estimate of drug-likeness (QED) is 0.609. The molecule has 0 saturated carbocycles. The zero-order valence-electron chi connectivity index (χ0n) is 10.6. The molecule has 0 amide bonds. The fraction of sp³-hybridized carbons (Fsp3) is 0.286. The fourth-order valence-electron chi connectivity index (χ4n) is 1.20. The molecule has 0 radical (unpaired) electrons. The van der Waals surface area contributed by atoms with E-state index in [1.165, 1.54) is 11.8 Å². The van der Waals surface area contributed by atoms with Gasteiger partial charge in [0.25, 0.3) is 0 Å². The van der Waals surface area contributed by atoms with Gasteiger partial charge >= 0.3 is 0 Å². The third-order valence-electron chi connectivity index (χ3n) is 2.20. The molecule has 0 aliphatic rings. The molecule has 0 aliphatic heterocycles. The smallest absolute Gasteiger partial charge is 0.156 e. The number of hydrogen-bond acceptors (Lipinski definition) is 3. The minimum atomic E-state index is 0.132. The molecule has 0 aliphatic carbocycles. The van der Waals surface area contributed by atoms with Crippen LogP contribution in [0.15, 0.2) is 36.4 Å². The molecular formula is C14H17NOS2. The predicted molar refractivity (Wildman–Crippen MR) is 83.8 cm³/mol. The Morgan fingerprint density at radius 3 is 2.61 bits per heavy atom. The molecule has 0 heterocycles. The molecule has 96 valence electrons. The van der Waals surface area contributed by atoms with E-state index in [-0.39, 0.29) is 5.78 Å². The number of thioether (sulfide) groups is 1. The molecule has 0 N–H and O–H groups in total. The van der Waals surface area contributed by atoms with Crippen LogP contribution in [0.3, 0.4) is 0 Å². The third kappa shape index (κ3) is 5.98. The second-order valence-corrected chi connectivity index (χ2v) is 5.70. The summed E-state index contributed by atoms with van der Waals surface area (Å²) in [4.78, 5) is 13.5. The first-order valence-electron chi connectivity index (χ1n) is 5.69. The van der Waals surface area contributed by atoms with Gasteiger partial charge in [0.15, 0.2) is 5.78 Å². The van der Waals surface area contributed by atoms with Gasteiger partial charge < -0.3 is 4.90 Å². The number of ketones is 1. The second kappa shape index (κ2) is 8.06. The van der Waals surface area contributed by atoms with Crippen LogP contribution in [0, 0.1) is 0 Å². The lowest BCUT2D eigenvalue weighted by atomic mass is 10.2. The Morgan fingerprint density at radius 1 is 1.33 bits per heavy atom. The molecule has 0 bridgehead atoms. The van der Waals surface area contributed by atoms with Gasteiger partial charge in [-0.05, 0) is 11.6 Å². The standard InChI is InChI=1S/C14H17NOS2/c1-15(2)14(17)18-11-10-13(16)9-8-12-6-4-3-5-7-12/h3-9H,10-11H2,1-2H3/b9-8+. The van der Waals surface area contributed by atoms with Crippen molar-refractivity contribution in [3.63, 3.8) is 0 Å².